The van der Waals surface area contributed by atoms with Gasteiger partial charge in [0.15, 0.2) is 11.2 Å². The van der Waals surface area contributed by atoms with Gasteiger partial charge in [-0.1, -0.05) is 30.4 Å². The molecule has 0 bridgehead atoms. The van der Waals surface area contributed by atoms with Crippen molar-refractivity contribution in [2.24, 2.45) is 0 Å². The maximum Gasteiger partial charge on any atom is 0.332 e. The zero-order valence-electron chi connectivity index (χ0n) is 18.6. The van der Waals surface area contributed by atoms with Crippen molar-refractivity contribution in [3.05, 3.63) is 48.0 Å². The van der Waals surface area contributed by atoms with E-state index in [0.717, 1.165) is 26.6 Å². The summed E-state index contributed by atoms with van der Waals surface area (Å²) in [6.07, 6.45) is 1.01. The Morgan fingerprint density at radius 1 is 1.33 bits per heavy atom. The van der Waals surface area contributed by atoms with Crippen LogP contribution in [0, 0.1) is 0 Å². The summed E-state index contributed by atoms with van der Waals surface area (Å²) in [6, 6.07) is 13.8. The van der Waals surface area contributed by atoms with E-state index in [1.54, 1.807) is 25.2 Å². The number of aryl methyl sites for hydroxylation is 1. The average molecular weight is 490 g/mol. The van der Waals surface area contributed by atoms with E-state index >= 15 is 0 Å². The van der Waals surface area contributed by atoms with Crippen LogP contribution >= 0.6 is 18.9 Å². The van der Waals surface area contributed by atoms with Crippen molar-refractivity contribution in [3.63, 3.8) is 0 Å². The summed E-state index contributed by atoms with van der Waals surface area (Å²) in [4.78, 5) is 27.3. The van der Waals surface area contributed by atoms with Gasteiger partial charge in [-0.15, -0.1) is 0 Å². The normalized spacial score (nSPS) is 18.1. The summed E-state index contributed by atoms with van der Waals surface area (Å²) < 4.78 is 24.3. The second-order valence-corrected chi connectivity index (χ2v) is 11.0. The van der Waals surface area contributed by atoms with Crippen LogP contribution in [0.4, 0.5) is 10.8 Å². The highest BCUT2D eigenvalue weighted by Gasteiger charge is 2.32. The zero-order valence-corrected chi connectivity index (χ0v) is 20.3. The minimum atomic E-state index is -3.76. The van der Waals surface area contributed by atoms with Gasteiger partial charge in [0.25, 0.3) is 5.91 Å². The number of hydrogen-bond acceptors (Lipinski definition) is 7. The van der Waals surface area contributed by atoms with Gasteiger partial charge >= 0.3 is 7.60 Å². The highest BCUT2D eigenvalue weighted by molar-refractivity contribution is 7.53. The Balaban J connectivity index is 1.36. The molecule has 0 saturated heterocycles. The second-order valence-electron chi connectivity index (χ2n) is 7.87. The number of hydrogen-bond donors (Lipinski definition) is 3. The molecule has 3 unspecified atom stereocenters. The van der Waals surface area contributed by atoms with Gasteiger partial charge in [0.2, 0.25) is 0 Å². The lowest BCUT2D eigenvalue weighted by Crippen LogP contribution is -2.43. The fourth-order valence-electron chi connectivity index (χ4n) is 3.81. The molecule has 3 aromatic rings. The van der Waals surface area contributed by atoms with Crippen LogP contribution in [0.2, 0.25) is 0 Å². The van der Waals surface area contributed by atoms with Gasteiger partial charge in [-0.3, -0.25) is 9.36 Å². The van der Waals surface area contributed by atoms with Crippen LogP contribution in [-0.4, -0.2) is 40.7 Å². The summed E-state index contributed by atoms with van der Waals surface area (Å²) in [6.45, 7) is 3.69. The van der Waals surface area contributed by atoms with E-state index in [4.69, 9.17) is 9.26 Å². The third kappa shape index (κ3) is 5.55. The summed E-state index contributed by atoms with van der Waals surface area (Å²) in [5.74, 6) is 0.387. The number of ether oxygens (including phenoxy) is 1. The number of aromatic nitrogens is 1. The zero-order chi connectivity index (χ0) is 23.4. The van der Waals surface area contributed by atoms with Gasteiger partial charge in [0, 0.05) is 12.2 Å². The number of carbonyl (C=O) groups is 1. The molecule has 0 fully saturated rings. The van der Waals surface area contributed by atoms with Gasteiger partial charge in [-0.25, -0.2) is 4.98 Å². The Hall–Kier alpha value is -2.45. The number of carbonyl (C=O) groups excluding carboxylic acids is 1. The quantitative estimate of drug-likeness (QED) is 0.369. The van der Waals surface area contributed by atoms with Crippen LogP contribution in [0.15, 0.2) is 42.5 Å². The standard InChI is InChI=1S/C23H28N3O5PS/c1-3-17(32(28,29)30-4-2)14-24-22(27)20-11-9-15-13-16(10-12-19(15)31-20)25-23-26-18-7-5-6-8-21(18)33-23/h5-8,10,12-13,17,20H,3-4,9,11,14H2,1-2H3,(H,24,27)(H,25,26)(H,28,29). The van der Waals surface area contributed by atoms with Crippen LogP contribution in [0.25, 0.3) is 10.2 Å². The Kier molecular flexibility index (Phi) is 7.34. The molecule has 176 valence electrons. The third-order valence-electron chi connectivity index (χ3n) is 5.60. The van der Waals surface area contributed by atoms with Crippen LogP contribution in [0.3, 0.4) is 0 Å². The molecule has 8 nitrogen and oxygen atoms in total. The highest BCUT2D eigenvalue weighted by atomic mass is 32.1. The Bertz CT molecular complexity index is 1150. The highest BCUT2D eigenvalue weighted by Crippen LogP contribution is 2.48. The van der Waals surface area contributed by atoms with Crippen LogP contribution in [-0.2, 0) is 20.3 Å². The number of nitrogens with one attached hydrogen (secondary N) is 2. The molecule has 0 radical (unpaired) electrons. The van der Waals surface area contributed by atoms with E-state index in [2.05, 4.69) is 15.6 Å². The first kappa shape index (κ1) is 23.7. The number of rotatable bonds is 9. The second kappa shape index (κ2) is 10.2. The molecule has 2 heterocycles. The maximum atomic E-state index is 12.6. The molecular weight excluding hydrogens is 461 g/mol. The smallest absolute Gasteiger partial charge is 0.332 e. The summed E-state index contributed by atoms with van der Waals surface area (Å²) in [5.41, 5.74) is 2.25. The molecule has 1 aliphatic heterocycles. The van der Waals surface area contributed by atoms with Crippen LogP contribution in [0.5, 0.6) is 5.75 Å². The molecule has 0 aliphatic carbocycles. The van der Waals surface area contributed by atoms with Crippen molar-refractivity contribution in [1.29, 1.82) is 0 Å². The lowest BCUT2D eigenvalue weighted by Gasteiger charge is -2.27. The molecule has 2 aromatic carbocycles. The fraction of sp³-hybridized carbons (Fsp3) is 0.391. The number of amides is 1. The molecule has 4 rings (SSSR count). The third-order valence-corrected chi connectivity index (χ3v) is 8.65. The van der Waals surface area contributed by atoms with E-state index < -0.39 is 19.4 Å². The monoisotopic (exact) mass is 489 g/mol. The van der Waals surface area contributed by atoms with E-state index in [9.17, 15) is 14.3 Å². The number of benzene rings is 2. The Morgan fingerprint density at radius 2 is 2.15 bits per heavy atom. The van der Waals surface area contributed by atoms with E-state index in [1.165, 1.54) is 0 Å². The number of para-hydroxylation sites is 1. The van der Waals surface area contributed by atoms with Crippen LogP contribution < -0.4 is 15.4 Å². The minimum absolute atomic E-state index is 0.0703. The van der Waals surface area contributed by atoms with Crippen molar-refractivity contribution in [2.75, 3.05) is 18.5 Å². The molecule has 3 atom stereocenters. The molecule has 3 N–H and O–H groups in total. The topological polar surface area (TPSA) is 110 Å². The molecule has 33 heavy (non-hydrogen) atoms. The lowest BCUT2D eigenvalue weighted by atomic mass is 10.0. The largest absolute Gasteiger partial charge is 0.480 e. The lowest BCUT2D eigenvalue weighted by molar-refractivity contribution is -0.128. The first-order valence-electron chi connectivity index (χ1n) is 11.1. The molecule has 1 amide bonds. The van der Waals surface area contributed by atoms with Crippen molar-refractivity contribution in [3.8, 4) is 5.75 Å². The number of thiazole rings is 1. The summed E-state index contributed by atoms with van der Waals surface area (Å²) in [5, 5.41) is 6.93. The van der Waals surface area contributed by atoms with Crippen molar-refractivity contribution in [1.82, 2.24) is 10.3 Å². The molecule has 1 aliphatic rings. The number of nitrogens with zero attached hydrogens (tertiary/aromatic N) is 1. The number of anilines is 2. The Labute approximate surface area is 196 Å². The predicted molar refractivity (Wildman–Crippen MR) is 131 cm³/mol. The molecule has 0 saturated carbocycles. The van der Waals surface area contributed by atoms with Crippen molar-refractivity contribution >= 4 is 45.9 Å². The van der Waals surface area contributed by atoms with Gasteiger partial charge in [-0.2, -0.15) is 0 Å². The van der Waals surface area contributed by atoms with Crippen molar-refractivity contribution < 1.29 is 23.5 Å². The minimum Gasteiger partial charge on any atom is -0.480 e. The molecular formula is C23H28N3O5PS. The number of fused-ring (bicyclic) bond motifs is 2. The summed E-state index contributed by atoms with van der Waals surface area (Å²) in [7, 11) is -3.76. The maximum absolute atomic E-state index is 12.6. The molecule has 0 spiro atoms. The first-order chi connectivity index (χ1) is 15.9. The molecule has 10 heteroatoms. The van der Waals surface area contributed by atoms with Gasteiger partial charge < -0.3 is 24.8 Å². The average Bonchev–Trinajstić information content (AvgIpc) is 3.21. The Morgan fingerprint density at radius 3 is 2.91 bits per heavy atom. The van der Waals surface area contributed by atoms with Gasteiger partial charge in [-0.05, 0) is 62.1 Å². The van der Waals surface area contributed by atoms with E-state index in [1.807, 2.05) is 42.5 Å². The van der Waals surface area contributed by atoms with E-state index in [-0.39, 0.29) is 19.1 Å². The summed E-state index contributed by atoms with van der Waals surface area (Å²) >= 11 is 1.59. The molecule has 1 aromatic heterocycles. The van der Waals surface area contributed by atoms with Gasteiger partial charge in [0.1, 0.15) is 5.75 Å². The van der Waals surface area contributed by atoms with Crippen molar-refractivity contribution in [2.45, 2.75) is 44.9 Å². The fourth-order valence-corrected chi connectivity index (χ4v) is 6.06. The predicted octanol–water partition coefficient (Wildman–Crippen LogP) is 4.85. The SMILES string of the molecule is CCOP(=O)(O)C(CC)CNC(=O)C1CCc2cc(Nc3nc4ccccc4s3)ccc2O1. The van der Waals surface area contributed by atoms with E-state index in [0.29, 0.717) is 25.0 Å². The first-order valence-corrected chi connectivity index (χ1v) is 13.5. The van der Waals surface area contributed by atoms with Gasteiger partial charge in [0.05, 0.1) is 22.5 Å². The van der Waals surface area contributed by atoms with Crippen LogP contribution in [0.1, 0.15) is 32.3 Å².